The molecule has 19 heteroatoms. The van der Waals surface area contributed by atoms with Crippen LogP contribution < -0.4 is 0 Å². The second-order valence-corrected chi connectivity index (χ2v) is 30.6. The van der Waals surface area contributed by atoms with Crippen LogP contribution in [0, 0.1) is 0 Å². The summed E-state index contributed by atoms with van der Waals surface area (Å²) in [6.45, 7) is 4.84. The molecule has 0 radical (unpaired) electrons. The van der Waals surface area contributed by atoms with Crippen LogP contribution in [0.2, 0.25) is 0 Å². The number of phosphoric ester groups is 2. The third kappa shape index (κ3) is 73.3. The van der Waals surface area contributed by atoms with E-state index in [1.807, 2.05) is 0 Å². The number of rotatable bonds is 78. The van der Waals surface area contributed by atoms with E-state index in [0.717, 1.165) is 122 Å². The van der Waals surface area contributed by atoms with Crippen molar-refractivity contribution in [2.75, 3.05) is 39.6 Å². The number of esters is 4. The van der Waals surface area contributed by atoms with E-state index in [1.54, 1.807) is 0 Å². The summed E-state index contributed by atoms with van der Waals surface area (Å²) in [5.41, 5.74) is 0. The smallest absolute Gasteiger partial charge is 0.462 e. The molecule has 0 rings (SSSR count). The zero-order valence-corrected chi connectivity index (χ0v) is 65.9. The van der Waals surface area contributed by atoms with Crippen molar-refractivity contribution >= 4 is 39.5 Å². The molecule has 0 fully saturated rings. The second-order valence-electron chi connectivity index (χ2n) is 27.7. The summed E-state index contributed by atoms with van der Waals surface area (Å²) >= 11 is 0. The molecule has 0 amide bonds. The molecule has 100 heavy (non-hydrogen) atoms. The number of carbonyl (C=O) groups is 4. The normalized spacial score (nSPS) is 14.1. The monoisotopic (exact) mass is 1460 g/mol. The fraction of sp³-hybridized carbons (Fsp3) is 0.852. The third-order valence-electron chi connectivity index (χ3n) is 17.8. The molecule has 0 bridgehead atoms. The van der Waals surface area contributed by atoms with Gasteiger partial charge in [-0.3, -0.25) is 37.3 Å². The Morgan fingerprint density at radius 2 is 0.520 bits per heavy atom. The Kier molecular flexibility index (Phi) is 72.1. The number of hydrogen-bond acceptors (Lipinski definition) is 15. The molecule has 0 aliphatic rings. The first kappa shape index (κ1) is 97.0. The van der Waals surface area contributed by atoms with Gasteiger partial charge in [-0.05, 0) is 64.2 Å². The van der Waals surface area contributed by atoms with Gasteiger partial charge in [0.05, 0.1) is 26.4 Å². The van der Waals surface area contributed by atoms with Gasteiger partial charge in [-0.2, -0.15) is 0 Å². The second kappa shape index (κ2) is 74.3. The van der Waals surface area contributed by atoms with Gasteiger partial charge in [0.1, 0.15) is 19.3 Å². The predicted octanol–water partition coefficient (Wildman–Crippen LogP) is 23.7. The average Bonchev–Trinajstić information content (AvgIpc) is 1.06. The molecule has 0 aromatic rings. The lowest BCUT2D eigenvalue weighted by Crippen LogP contribution is -2.30. The van der Waals surface area contributed by atoms with Gasteiger partial charge in [0.15, 0.2) is 12.2 Å². The highest BCUT2D eigenvalue weighted by atomic mass is 31.2. The van der Waals surface area contributed by atoms with Crippen LogP contribution in [-0.4, -0.2) is 96.7 Å². The summed E-state index contributed by atoms with van der Waals surface area (Å²) < 4.78 is 68.7. The van der Waals surface area contributed by atoms with Crippen molar-refractivity contribution < 1.29 is 80.2 Å². The number of ether oxygens (including phenoxy) is 4. The van der Waals surface area contributed by atoms with Crippen LogP contribution in [0.1, 0.15) is 387 Å². The highest BCUT2D eigenvalue weighted by molar-refractivity contribution is 7.47. The van der Waals surface area contributed by atoms with Gasteiger partial charge in [-0.25, -0.2) is 9.13 Å². The van der Waals surface area contributed by atoms with Crippen LogP contribution in [0.25, 0.3) is 0 Å². The fourth-order valence-electron chi connectivity index (χ4n) is 11.6. The molecule has 0 spiro atoms. The minimum absolute atomic E-state index is 0.0971. The van der Waals surface area contributed by atoms with E-state index in [0.29, 0.717) is 25.7 Å². The zero-order valence-electron chi connectivity index (χ0n) is 64.1. The molecule has 17 nitrogen and oxygen atoms in total. The molecular formula is C81H150O17P2. The van der Waals surface area contributed by atoms with E-state index in [9.17, 15) is 43.2 Å². The fourth-order valence-corrected chi connectivity index (χ4v) is 13.2. The zero-order chi connectivity index (χ0) is 73.2. The average molecular weight is 1460 g/mol. The minimum atomic E-state index is -4.97. The maximum atomic E-state index is 13.1. The maximum Gasteiger partial charge on any atom is 0.472 e. The molecule has 0 aliphatic heterocycles. The van der Waals surface area contributed by atoms with Crippen molar-refractivity contribution in [3.05, 3.63) is 48.6 Å². The number of aliphatic hydroxyl groups excluding tert-OH is 1. The quantitative estimate of drug-likeness (QED) is 0.0169. The molecule has 5 atom stereocenters. The van der Waals surface area contributed by atoms with Gasteiger partial charge in [0, 0.05) is 25.7 Å². The van der Waals surface area contributed by atoms with Crippen LogP contribution in [0.5, 0.6) is 0 Å². The Balaban J connectivity index is 5.31. The number of carbonyl (C=O) groups excluding carboxylic acids is 4. The van der Waals surface area contributed by atoms with Crippen LogP contribution in [0.3, 0.4) is 0 Å². The first-order valence-corrected chi connectivity index (χ1v) is 43.9. The number of allylic oxidation sites excluding steroid dienone is 8. The van der Waals surface area contributed by atoms with Gasteiger partial charge in [-0.1, -0.05) is 346 Å². The maximum absolute atomic E-state index is 13.1. The van der Waals surface area contributed by atoms with Crippen LogP contribution in [-0.2, 0) is 65.4 Å². The van der Waals surface area contributed by atoms with E-state index in [1.165, 1.54) is 186 Å². The largest absolute Gasteiger partial charge is 0.472 e. The van der Waals surface area contributed by atoms with E-state index < -0.39 is 97.5 Å². The molecule has 5 unspecified atom stereocenters. The minimum Gasteiger partial charge on any atom is -0.462 e. The van der Waals surface area contributed by atoms with E-state index in [4.69, 9.17) is 37.0 Å². The standard InChI is InChI=1S/C81H150O17P2/c1-5-9-13-17-21-25-29-33-36-37-40-43-46-50-54-58-62-66-79(84)92-72-77(98-81(86)68-64-60-56-52-48-44-39-35-31-27-23-19-15-11-7-3)74-96-100(89,90)94-70-75(82)69-93-99(87,88)95-73-76(97-80(85)67-63-59-55-51-47-41-32-28-24-20-16-12-8-4)71-91-78(83)65-61-57-53-49-45-42-38-34-30-26-22-18-14-10-6-2/h9,13,21,25,33,36,40,43,75-77,82H,5-8,10-12,14-20,22-24,26-32,34-35,37-39,41-42,44-74H2,1-4H3,(H,87,88)(H,89,90)/b13-9-,25-21-,36-33-,43-40-. The van der Waals surface area contributed by atoms with Crippen molar-refractivity contribution in [3.8, 4) is 0 Å². The van der Waals surface area contributed by atoms with E-state index in [-0.39, 0.29) is 25.7 Å². The summed E-state index contributed by atoms with van der Waals surface area (Å²) in [4.78, 5) is 73.0. The Morgan fingerprint density at radius 3 is 0.800 bits per heavy atom. The predicted molar refractivity (Wildman–Crippen MR) is 409 cm³/mol. The molecule has 0 saturated carbocycles. The summed E-state index contributed by atoms with van der Waals surface area (Å²) in [6.07, 6.45) is 72.2. The third-order valence-corrected chi connectivity index (χ3v) is 19.7. The highest BCUT2D eigenvalue weighted by Gasteiger charge is 2.30. The van der Waals surface area contributed by atoms with Crippen molar-refractivity contribution in [2.45, 2.75) is 406 Å². The van der Waals surface area contributed by atoms with Crippen molar-refractivity contribution in [1.29, 1.82) is 0 Å². The van der Waals surface area contributed by atoms with Gasteiger partial charge < -0.3 is 33.8 Å². The van der Waals surface area contributed by atoms with Crippen LogP contribution >= 0.6 is 15.6 Å². The number of hydrogen-bond donors (Lipinski definition) is 3. The van der Waals surface area contributed by atoms with Gasteiger partial charge >= 0.3 is 39.5 Å². The number of unbranched alkanes of at least 4 members (excludes halogenated alkanes) is 44. The van der Waals surface area contributed by atoms with Crippen molar-refractivity contribution in [3.63, 3.8) is 0 Å². The molecule has 586 valence electrons. The van der Waals surface area contributed by atoms with Crippen molar-refractivity contribution in [1.82, 2.24) is 0 Å². The molecule has 0 aromatic heterocycles. The summed E-state index contributed by atoms with van der Waals surface area (Å²) in [6, 6.07) is 0. The lowest BCUT2D eigenvalue weighted by atomic mass is 10.0. The van der Waals surface area contributed by atoms with Gasteiger partial charge in [0.25, 0.3) is 0 Å². The van der Waals surface area contributed by atoms with Crippen LogP contribution in [0.15, 0.2) is 48.6 Å². The Bertz CT molecular complexity index is 2080. The van der Waals surface area contributed by atoms with E-state index in [2.05, 4.69) is 76.3 Å². The molecule has 0 saturated heterocycles. The summed E-state index contributed by atoms with van der Waals surface area (Å²) in [7, 11) is -9.94. The molecule has 0 aliphatic carbocycles. The Morgan fingerprint density at radius 1 is 0.290 bits per heavy atom. The molecule has 3 N–H and O–H groups in total. The lowest BCUT2D eigenvalue weighted by Gasteiger charge is -2.21. The van der Waals surface area contributed by atoms with Gasteiger partial charge in [-0.15, -0.1) is 0 Å². The molecular weight excluding hydrogens is 1310 g/mol. The van der Waals surface area contributed by atoms with E-state index >= 15 is 0 Å². The number of aliphatic hydroxyl groups is 1. The first-order valence-electron chi connectivity index (χ1n) is 40.9. The summed E-state index contributed by atoms with van der Waals surface area (Å²) in [5, 5.41) is 10.6. The Labute approximate surface area is 610 Å². The van der Waals surface area contributed by atoms with Crippen LogP contribution in [0.4, 0.5) is 0 Å². The Hall–Kier alpha value is -2.98. The summed E-state index contributed by atoms with van der Waals surface area (Å²) in [5.74, 6) is -2.15. The van der Waals surface area contributed by atoms with Crippen molar-refractivity contribution in [2.24, 2.45) is 0 Å². The molecule has 0 heterocycles. The first-order chi connectivity index (χ1) is 48.7. The lowest BCUT2D eigenvalue weighted by molar-refractivity contribution is -0.161. The molecule has 0 aromatic carbocycles. The number of phosphoric acid groups is 2. The SMILES string of the molecule is CC/C=C\C/C=C\C/C=C\C/C=C\CCCCCCC(=O)OCC(COP(=O)(O)OCC(O)COP(=O)(O)OCC(COC(=O)CCCCCCCCCCCCCCCCC)OC(=O)CCCCCCCCCCCCCCC)OC(=O)CCCCCCCCCCCCCCCCC. The highest BCUT2D eigenvalue weighted by Crippen LogP contribution is 2.45. The van der Waals surface area contributed by atoms with Gasteiger partial charge in [0.2, 0.25) is 0 Å². The topological polar surface area (TPSA) is 237 Å².